The smallest absolute Gasteiger partial charge is 0.325 e. The van der Waals surface area contributed by atoms with E-state index in [9.17, 15) is 9.36 Å². The van der Waals surface area contributed by atoms with Gasteiger partial charge < -0.3 is 20.3 Å². The van der Waals surface area contributed by atoms with Gasteiger partial charge >= 0.3 is 13.6 Å². The first kappa shape index (κ1) is 15.3. The Balaban J connectivity index is 0. The Hall–Kier alpha value is -0.130. The molecule has 0 saturated heterocycles. The summed E-state index contributed by atoms with van der Waals surface area (Å²) in [5.74, 6) is -0.663. The molecular formula is C5H13ClNO5P. The molecule has 0 aliphatic rings. The number of halogens is 1. The molecule has 1 unspecified atom stereocenters. The summed E-state index contributed by atoms with van der Waals surface area (Å²) in [5.41, 5.74) is 5.22. The summed E-state index contributed by atoms with van der Waals surface area (Å²) in [5, 5.41) is 0. The third-order valence-electron chi connectivity index (χ3n) is 1.24. The normalized spacial score (nSPS) is 12.9. The first-order valence-electron chi connectivity index (χ1n) is 3.25. The summed E-state index contributed by atoms with van der Waals surface area (Å²) >= 11 is 0. The highest BCUT2D eigenvalue weighted by atomic mass is 35.5. The lowest BCUT2D eigenvalue weighted by Crippen LogP contribution is -2.32. The van der Waals surface area contributed by atoms with Gasteiger partial charge in [-0.05, 0) is 6.42 Å². The van der Waals surface area contributed by atoms with Crippen LogP contribution in [0.25, 0.3) is 0 Å². The Kier molecular flexibility index (Phi) is 7.49. The lowest BCUT2D eigenvalue weighted by atomic mass is 10.2. The van der Waals surface area contributed by atoms with Gasteiger partial charge in [0.1, 0.15) is 6.04 Å². The van der Waals surface area contributed by atoms with Crippen LogP contribution in [0, 0.1) is 0 Å². The zero-order valence-corrected chi connectivity index (χ0v) is 8.75. The predicted octanol–water partition coefficient (Wildman–Crippen LogP) is -0.524. The molecule has 0 aromatic rings. The molecule has 0 radical (unpaired) electrons. The minimum absolute atomic E-state index is 0. The summed E-state index contributed by atoms with van der Waals surface area (Å²) in [6, 6.07) is -0.956. The number of rotatable bonds is 4. The lowest BCUT2D eigenvalue weighted by Gasteiger charge is -2.08. The average molecular weight is 234 g/mol. The van der Waals surface area contributed by atoms with Gasteiger partial charge in [0, 0.05) is 0 Å². The SMILES string of the molecule is COC(=O)C(N)CCP(=O)(O)O.Cl. The minimum atomic E-state index is -4.06. The summed E-state index contributed by atoms with van der Waals surface area (Å²) in [6.07, 6.45) is -0.472. The molecule has 6 nitrogen and oxygen atoms in total. The van der Waals surface area contributed by atoms with Crippen LogP contribution >= 0.6 is 20.0 Å². The zero-order valence-electron chi connectivity index (χ0n) is 7.04. The van der Waals surface area contributed by atoms with Crippen LogP contribution in [0.2, 0.25) is 0 Å². The van der Waals surface area contributed by atoms with Gasteiger partial charge in [0.05, 0.1) is 13.3 Å². The van der Waals surface area contributed by atoms with Crippen molar-refractivity contribution in [1.82, 2.24) is 0 Å². The van der Waals surface area contributed by atoms with Crippen molar-refractivity contribution in [2.45, 2.75) is 12.5 Å². The van der Waals surface area contributed by atoms with Crippen LogP contribution in [-0.4, -0.2) is 35.1 Å². The van der Waals surface area contributed by atoms with E-state index in [1.165, 1.54) is 7.11 Å². The van der Waals surface area contributed by atoms with Gasteiger partial charge in [0.15, 0.2) is 0 Å². The molecule has 0 amide bonds. The number of hydrogen-bond donors (Lipinski definition) is 3. The van der Waals surface area contributed by atoms with Crippen molar-refractivity contribution in [2.75, 3.05) is 13.3 Å². The van der Waals surface area contributed by atoms with Crippen molar-refractivity contribution in [3.05, 3.63) is 0 Å². The first-order chi connectivity index (χ1) is 5.37. The van der Waals surface area contributed by atoms with E-state index in [0.29, 0.717) is 0 Å². The van der Waals surface area contributed by atoms with Crippen LogP contribution in [0.1, 0.15) is 6.42 Å². The fourth-order valence-corrected chi connectivity index (χ4v) is 1.19. The van der Waals surface area contributed by atoms with Gasteiger partial charge in [0.2, 0.25) is 0 Å². The van der Waals surface area contributed by atoms with Crippen LogP contribution in [0.15, 0.2) is 0 Å². The van der Waals surface area contributed by atoms with E-state index in [0.717, 1.165) is 0 Å². The van der Waals surface area contributed by atoms with E-state index in [2.05, 4.69) is 4.74 Å². The van der Waals surface area contributed by atoms with Gasteiger partial charge in [0.25, 0.3) is 0 Å². The van der Waals surface area contributed by atoms with E-state index in [-0.39, 0.29) is 18.8 Å². The maximum absolute atomic E-state index is 10.6. The van der Waals surface area contributed by atoms with Gasteiger partial charge in [-0.25, -0.2) is 0 Å². The average Bonchev–Trinajstić information content (AvgIpc) is 1.97. The van der Waals surface area contributed by atoms with E-state index < -0.39 is 25.8 Å². The van der Waals surface area contributed by atoms with Gasteiger partial charge in [-0.3, -0.25) is 9.36 Å². The third kappa shape index (κ3) is 8.21. The largest absolute Gasteiger partial charge is 0.468 e. The molecular weight excluding hydrogens is 220 g/mol. The maximum atomic E-state index is 10.6. The summed E-state index contributed by atoms with van der Waals surface area (Å²) in [4.78, 5) is 27.5. The summed E-state index contributed by atoms with van der Waals surface area (Å²) in [6.45, 7) is 0. The number of hydrogen-bond acceptors (Lipinski definition) is 4. The molecule has 0 heterocycles. The summed E-state index contributed by atoms with van der Waals surface area (Å²) in [7, 11) is -2.89. The van der Waals surface area contributed by atoms with E-state index in [1.54, 1.807) is 0 Å². The summed E-state index contributed by atoms with van der Waals surface area (Å²) < 4.78 is 14.6. The van der Waals surface area contributed by atoms with Crippen molar-refractivity contribution in [3.8, 4) is 0 Å². The second-order valence-electron chi connectivity index (χ2n) is 2.31. The highest BCUT2D eigenvalue weighted by Crippen LogP contribution is 2.35. The quantitative estimate of drug-likeness (QED) is 0.445. The molecule has 0 saturated carbocycles. The van der Waals surface area contributed by atoms with E-state index >= 15 is 0 Å². The highest BCUT2D eigenvalue weighted by Gasteiger charge is 2.19. The predicted molar refractivity (Wildman–Crippen MR) is 48.8 cm³/mol. The Bertz CT molecular complexity index is 205. The Labute approximate surface area is 82.0 Å². The van der Waals surface area contributed by atoms with Crippen LogP contribution < -0.4 is 5.73 Å². The molecule has 0 aromatic heterocycles. The number of nitrogens with two attached hydrogens (primary N) is 1. The van der Waals surface area contributed by atoms with Crippen molar-refractivity contribution in [2.24, 2.45) is 5.73 Å². The highest BCUT2D eigenvalue weighted by molar-refractivity contribution is 7.51. The molecule has 0 aliphatic carbocycles. The molecule has 0 rings (SSSR count). The Morgan fingerprint density at radius 1 is 1.62 bits per heavy atom. The number of ether oxygens (including phenoxy) is 1. The van der Waals surface area contributed by atoms with Crippen LogP contribution in [0.5, 0.6) is 0 Å². The second-order valence-corrected chi connectivity index (χ2v) is 4.08. The van der Waals surface area contributed by atoms with Crippen molar-refractivity contribution < 1.29 is 23.9 Å². The lowest BCUT2D eigenvalue weighted by molar-refractivity contribution is -0.142. The number of esters is 1. The standard InChI is InChI=1S/C5H12NO5P.ClH/c1-11-5(7)4(6)2-3-12(8,9)10;/h4H,2-3,6H2,1H3,(H2,8,9,10);1H. The first-order valence-corrected chi connectivity index (χ1v) is 5.04. The number of carbonyl (C=O) groups is 1. The molecule has 0 aromatic carbocycles. The van der Waals surface area contributed by atoms with Crippen LogP contribution in [-0.2, 0) is 14.1 Å². The van der Waals surface area contributed by atoms with Crippen LogP contribution in [0.4, 0.5) is 0 Å². The molecule has 0 spiro atoms. The van der Waals surface area contributed by atoms with Gasteiger partial charge in [-0.2, -0.15) is 0 Å². The maximum Gasteiger partial charge on any atom is 0.325 e. The molecule has 0 aliphatic heterocycles. The van der Waals surface area contributed by atoms with Gasteiger partial charge in [-0.1, -0.05) is 0 Å². The molecule has 4 N–H and O–H groups in total. The molecule has 0 bridgehead atoms. The third-order valence-corrected chi connectivity index (χ3v) is 2.08. The second kappa shape index (κ2) is 6.34. The van der Waals surface area contributed by atoms with E-state index in [1.807, 2.05) is 0 Å². The molecule has 0 fully saturated rings. The number of methoxy groups -OCH3 is 1. The minimum Gasteiger partial charge on any atom is -0.468 e. The van der Waals surface area contributed by atoms with Crippen molar-refractivity contribution in [1.29, 1.82) is 0 Å². The molecule has 8 heteroatoms. The fourth-order valence-electron chi connectivity index (χ4n) is 0.576. The topological polar surface area (TPSA) is 110 Å². The monoisotopic (exact) mass is 233 g/mol. The molecule has 1 atom stereocenters. The van der Waals surface area contributed by atoms with Crippen LogP contribution in [0.3, 0.4) is 0 Å². The fraction of sp³-hybridized carbons (Fsp3) is 0.800. The molecule has 13 heavy (non-hydrogen) atoms. The van der Waals surface area contributed by atoms with Crippen molar-refractivity contribution >= 4 is 26.0 Å². The number of carbonyl (C=O) groups excluding carboxylic acids is 1. The Morgan fingerprint density at radius 3 is 2.38 bits per heavy atom. The Morgan fingerprint density at radius 2 is 2.08 bits per heavy atom. The van der Waals surface area contributed by atoms with Crippen molar-refractivity contribution in [3.63, 3.8) is 0 Å². The van der Waals surface area contributed by atoms with Gasteiger partial charge in [-0.15, -0.1) is 12.4 Å². The van der Waals surface area contributed by atoms with E-state index in [4.69, 9.17) is 15.5 Å². The molecule has 80 valence electrons. The zero-order chi connectivity index (χ0) is 9.78.